The standard InChI is InChI=1S/C23H29N3O5S/c1-16(22(27)25-17-8-7-9-19(14-17)32(28,29)26(2)3)24-18-10-11-20-21(15-18)31-23(30-20)12-5-4-6-13-23/h7-11,14-16,24H,4-6,12-13H2,1-3H3,(H,25,27)/t16-/m0/s1. The molecule has 0 unspecified atom stereocenters. The van der Waals surface area contributed by atoms with Gasteiger partial charge in [0.2, 0.25) is 15.9 Å². The highest BCUT2D eigenvalue weighted by atomic mass is 32.2. The molecule has 0 bridgehead atoms. The quantitative estimate of drug-likeness (QED) is 0.682. The molecule has 32 heavy (non-hydrogen) atoms. The first-order valence-corrected chi connectivity index (χ1v) is 12.2. The van der Waals surface area contributed by atoms with E-state index in [1.54, 1.807) is 19.1 Å². The van der Waals surface area contributed by atoms with E-state index in [9.17, 15) is 13.2 Å². The molecule has 1 saturated carbocycles. The van der Waals surface area contributed by atoms with Crippen LogP contribution in [0.1, 0.15) is 39.0 Å². The topological polar surface area (TPSA) is 97.0 Å². The Hall–Kier alpha value is -2.78. The largest absolute Gasteiger partial charge is 0.448 e. The fourth-order valence-corrected chi connectivity index (χ4v) is 4.94. The molecule has 1 heterocycles. The van der Waals surface area contributed by atoms with E-state index in [1.807, 2.05) is 18.2 Å². The van der Waals surface area contributed by atoms with Gasteiger partial charge in [-0.2, -0.15) is 0 Å². The van der Waals surface area contributed by atoms with Gasteiger partial charge in [0, 0.05) is 44.4 Å². The zero-order valence-corrected chi connectivity index (χ0v) is 19.4. The molecular weight excluding hydrogens is 430 g/mol. The molecule has 0 saturated heterocycles. The molecule has 4 rings (SSSR count). The van der Waals surface area contributed by atoms with E-state index in [1.165, 1.54) is 32.6 Å². The first-order chi connectivity index (χ1) is 15.2. The van der Waals surface area contributed by atoms with Gasteiger partial charge in [0.05, 0.1) is 4.90 Å². The van der Waals surface area contributed by atoms with Crippen LogP contribution in [0.4, 0.5) is 11.4 Å². The van der Waals surface area contributed by atoms with Crippen molar-refractivity contribution in [1.29, 1.82) is 0 Å². The van der Waals surface area contributed by atoms with E-state index in [-0.39, 0.29) is 10.8 Å². The highest BCUT2D eigenvalue weighted by Gasteiger charge is 2.42. The van der Waals surface area contributed by atoms with Crippen LogP contribution >= 0.6 is 0 Å². The van der Waals surface area contributed by atoms with Gasteiger partial charge in [0.15, 0.2) is 11.5 Å². The summed E-state index contributed by atoms with van der Waals surface area (Å²) in [4.78, 5) is 12.8. The van der Waals surface area contributed by atoms with Crippen molar-refractivity contribution >= 4 is 27.3 Å². The van der Waals surface area contributed by atoms with Gasteiger partial charge in [0.25, 0.3) is 5.79 Å². The van der Waals surface area contributed by atoms with Crippen LogP contribution in [0.5, 0.6) is 11.5 Å². The number of sulfonamides is 1. The Kier molecular flexibility index (Phi) is 6.05. The van der Waals surface area contributed by atoms with Crippen molar-refractivity contribution < 1.29 is 22.7 Å². The predicted molar refractivity (Wildman–Crippen MR) is 123 cm³/mol. The minimum Gasteiger partial charge on any atom is -0.448 e. The summed E-state index contributed by atoms with van der Waals surface area (Å²) in [7, 11) is -0.648. The second kappa shape index (κ2) is 8.63. The van der Waals surface area contributed by atoms with Crippen LogP contribution in [0.3, 0.4) is 0 Å². The number of carbonyl (C=O) groups is 1. The number of nitrogens with zero attached hydrogens (tertiary/aromatic N) is 1. The second-order valence-corrected chi connectivity index (χ2v) is 10.7. The number of fused-ring (bicyclic) bond motifs is 1. The fraction of sp³-hybridized carbons (Fsp3) is 0.435. The van der Waals surface area contributed by atoms with Gasteiger partial charge in [-0.25, -0.2) is 12.7 Å². The fourth-order valence-electron chi connectivity index (χ4n) is 3.99. The van der Waals surface area contributed by atoms with Gasteiger partial charge >= 0.3 is 0 Å². The summed E-state index contributed by atoms with van der Waals surface area (Å²) < 4.78 is 38.0. The molecule has 172 valence electrons. The maximum absolute atomic E-state index is 12.7. The molecular formula is C23H29N3O5S. The number of carbonyl (C=O) groups excluding carboxylic acids is 1. The zero-order chi connectivity index (χ0) is 22.9. The lowest BCUT2D eigenvalue weighted by Crippen LogP contribution is -2.40. The molecule has 2 aromatic carbocycles. The number of hydrogen-bond acceptors (Lipinski definition) is 6. The van der Waals surface area contributed by atoms with Crippen LogP contribution in [0.15, 0.2) is 47.4 Å². The van der Waals surface area contributed by atoms with E-state index in [2.05, 4.69) is 10.6 Å². The van der Waals surface area contributed by atoms with Crippen molar-refractivity contribution in [1.82, 2.24) is 4.31 Å². The molecule has 2 N–H and O–H groups in total. The van der Waals surface area contributed by atoms with Crippen LogP contribution in [-0.4, -0.2) is 44.6 Å². The molecule has 1 fully saturated rings. The van der Waals surface area contributed by atoms with E-state index < -0.39 is 21.9 Å². The third-order valence-corrected chi connectivity index (χ3v) is 7.62. The summed E-state index contributed by atoms with van der Waals surface area (Å²) >= 11 is 0. The Morgan fingerprint density at radius 3 is 2.44 bits per heavy atom. The van der Waals surface area contributed by atoms with E-state index in [0.29, 0.717) is 11.4 Å². The Balaban J connectivity index is 1.41. The Labute approximate surface area is 189 Å². The molecule has 1 aliphatic heterocycles. The minimum absolute atomic E-state index is 0.119. The Morgan fingerprint density at radius 2 is 1.72 bits per heavy atom. The van der Waals surface area contributed by atoms with E-state index in [0.717, 1.165) is 41.4 Å². The summed E-state index contributed by atoms with van der Waals surface area (Å²) in [5.41, 5.74) is 1.16. The van der Waals surface area contributed by atoms with Crippen LogP contribution < -0.4 is 20.1 Å². The first-order valence-electron chi connectivity index (χ1n) is 10.8. The van der Waals surface area contributed by atoms with Crippen molar-refractivity contribution in [3.8, 4) is 11.5 Å². The van der Waals surface area contributed by atoms with E-state index in [4.69, 9.17) is 9.47 Å². The lowest BCUT2D eigenvalue weighted by atomic mass is 9.94. The molecule has 1 aliphatic carbocycles. The van der Waals surface area contributed by atoms with Gasteiger partial charge in [-0.1, -0.05) is 12.5 Å². The SMILES string of the molecule is C[C@H](Nc1ccc2c(c1)OC1(CCCCC1)O2)C(=O)Nc1cccc(S(=O)(=O)N(C)C)c1. The van der Waals surface area contributed by atoms with Crippen molar-refractivity contribution in [3.63, 3.8) is 0 Å². The van der Waals surface area contributed by atoms with Gasteiger partial charge in [0.1, 0.15) is 6.04 Å². The summed E-state index contributed by atoms with van der Waals surface area (Å²) in [5, 5.41) is 5.94. The van der Waals surface area contributed by atoms with Gasteiger partial charge in [-0.05, 0) is 50.1 Å². The van der Waals surface area contributed by atoms with Crippen molar-refractivity contribution in [2.75, 3.05) is 24.7 Å². The number of rotatable bonds is 6. The number of anilines is 2. The number of benzene rings is 2. The molecule has 0 radical (unpaired) electrons. The van der Waals surface area contributed by atoms with E-state index >= 15 is 0 Å². The number of hydrogen-bond donors (Lipinski definition) is 2. The normalized spacial score (nSPS) is 17.9. The number of amides is 1. The van der Waals surface area contributed by atoms with Gasteiger partial charge in [-0.3, -0.25) is 4.79 Å². The minimum atomic E-state index is -3.58. The predicted octanol–water partition coefficient (Wildman–Crippen LogP) is 3.81. The van der Waals surface area contributed by atoms with Crippen LogP contribution in [-0.2, 0) is 14.8 Å². The third kappa shape index (κ3) is 4.54. The summed E-state index contributed by atoms with van der Waals surface area (Å²) in [6, 6.07) is 11.2. The Morgan fingerprint density at radius 1 is 1.00 bits per heavy atom. The highest BCUT2D eigenvalue weighted by molar-refractivity contribution is 7.89. The first kappa shape index (κ1) is 22.4. The average Bonchev–Trinajstić information content (AvgIpc) is 3.10. The lowest BCUT2D eigenvalue weighted by molar-refractivity contribution is -0.116. The average molecular weight is 460 g/mol. The molecule has 1 atom stereocenters. The lowest BCUT2D eigenvalue weighted by Gasteiger charge is -2.31. The Bertz CT molecular complexity index is 1110. The summed E-state index contributed by atoms with van der Waals surface area (Å²) in [6.07, 6.45) is 5.15. The van der Waals surface area contributed by atoms with Crippen molar-refractivity contribution in [3.05, 3.63) is 42.5 Å². The summed E-state index contributed by atoms with van der Waals surface area (Å²) in [5.74, 6) is 0.588. The second-order valence-electron chi connectivity index (χ2n) is 8.51. The van der Waals surface area contributed by atoms with Crippen molar-refractivity contribution in [2.24, 2.45) is 0 Å². The maximum atomic E-state index is 12.7. The zero-order valence-electron chi connectivity index (χ0n) is 18.6. The highest BCUT2D eigenvalue weighted by Crippen LogP contribution is 2.46. The monoisotopic (exact) mass is 459 g/mol. The molecule has 1 spiro atoms. The molecule has 8 nitrogen and oxygen atoms in total. The molecule has 2 aromatic rings. The molecule has 1 amide bonds. The molecule has 2 aliphatic rings. The molecule has 0 aromatic heterocycles. The van der Waals surface area contributed by atoms with Gasteiger partial charge < -0.3 is 20.1 Å². The number of ether oxygens (including phenoxy) is 2. The third-order valence-electron chi connectivity index (χ3n) is 5.81. The maximum Gasteiger partial charge on any atom is 0.251 e. The molecule has 9 heteroatoms. The van der Waals surface area contributed by atoms with Crippen LogP contribution in [0, 0.1) is 0 Å². The summed E-state index contributed by atoms with van der Waals surface area (Å²) in [6.45, 7) is 1.74. The van der Waals surface area contributed by atoms with Crippen LogP contribution in [0.25, 0.3) is 0 Å². The number of nitrogens with one attached hydrogen (secondary N) is 2. The van der Waals surface area contributed by atoms with Crippen LogP contribution in [0.2, 0.25) is 0 Å². The van der Waals surface area contributed by atoms with Crippen molar-refractivity contribution in [2.45, 2.75) is 55.8 Å². The smallest absolute Gasteiger partial charge is 0.251 e. The van der Waals surface area contributed by atoms with Gasteiger partial charge in [-0.15, -0.1) is 0 Å².